The molecule has 0 unspecified atom stereocenters. The third kappa shape index (κ3) is 4.62. The van der Waals surface area contributed by atoms with Gasteiger partial charge in [-0.2, -0.15) is 17.0 Å². The number of carbonyl (C=O) groups excluding carboxylic acids is 2. The van der Waals surface area contributed by atoms with Gasteiger partial charge in [-0.15, -0.1) is 0 Å². The lowest BCUT2D eigenvalue weighted by molar-refractivity contribution is -0.138. The number of amides is 2. The molecule has 2 rings (SSSR count). The molecule has 0 aromatic rings. The Hall–Kier alpha value is -1.39. The van der Waals surface area contributed by atoms with Crippen molar-refractivity contribution in [3.63, 3.8) is 0 Å². The Bertz CT molecular complexity index is 579. The summed E-state index contributed by atoms with van der Waals surface area (Å²) in [4.78, 5) is 27.7. The zero-order chi connectivity index (χ0) is 18.6. The van der Waals surface area contributed by atoms with Crippen LogP contribution in [0, 0.1) is 5.92 Å². The van der Waals surface area contributed by atoms with E-state index in [0.717, 1.165) is 0 Å². The smallest absolute Gasteiger partial charge is 0.409 e. The molecule has 0 spiro atoms. The van der Waals surface area contributed by atoms with Gasteiger partial charge in [-0.05, 0) is 19.8 Å². The first-order chi connectivity index (χ1) is 11.8. The van der Waals surface area contributed by atoms with Gasteiger partial charge in [0.2, 0.25) is 5.91 Å². The van der Waals surface area contributed by atoms with Crippen LogP contribution in [0.25, 0.3) is 0 Å². The molecule has 0 aromatic carbocycles. The molecule has 0 atom stereocenters. The predicted molar refractivity (Wildman–Crippen MR) is 92.1 cm³/mol. The molecule has 144 valence electrons. The number of hydrogen-bond donors (Lipinski definition) is 0. The van der Waals surface area contributed by atoms with Crippen LogP contribution in [0.1, 0.15) is 19.8 Å². The summed E-state index contributed by atoms with van der Waals surface area (Å²) >= 11 is 0. The van der Waals surface area contributed by atoms with Crippen molar-refractivity contribution in [2.45, 2.75) is 19.8 Å². The van der Waals surface area contributed by atoms with E-state index in [2.05, 4.69) is 0 Å². The fourth-order valence-electron chi connectivity index (χ4n) is 3.15. The first kappa shape index (κ1) is 19.9. The maximum atomic E-state index is 12.7. The third-order valence-corrected chi connectivity index (χ3v) is 6.65. The number of piperazine rings is 1. The lowest BCUT2D eigenvalue weighted by atomic mass is 9.96. The minimum absolute atomic E-state index is 0.0606. The van der Waals surface area contributed by atoms with Crippen molar-refractivity contribution in [1.82, 2.24) is 18.4 Å². The van der Waals surface area contributed by atoms with Gasteiger partial charge in [0.05, 0.1) is 6.61 Å². The van der Waals surface area contributed by atoms with Gasteiger partial charge < -0.3 is 14.5 Å². The SMILES string of the molecule is CCOC(=O)N1CCN(C(=O)C2CCN(S(=O)(=O)N(C)C)CC2)CC1. The van der Waals surface area contributed by atoms with Crippen LogP contribution >= 0.6 is 0 Å². The molecule has 0 radical (unpaired) electrons. The van der Waals surface area contributed by atoms with Crippen molar-refractivity contribution >= 4 is 22.2 Å². The second-order valence-corrected chi connectivity index (χ2v) is 8.62. The summed E-state index contributed by atoms with van der Waals surface area (Å²) in [5.41, 5.74) is 0. The second-order valence-electron chi connectivity index (χ2n) is 6.47. The Morgan fingerprint density at radius 3 is 2.00 bits per heavy atom. The van der Waals surface area contributed by atoms with Gasteiger partial charge in [0.1, 0.15) is 0 Å². The van der Waals surface area contributed by atoms with Crippen LogP contribution in [0.3, 0.4) is 0 Å². The normalized spacial score (nSPS) is 20.8. The fraction of sp³-hybridized carbons (Fsp3) is 0.867. The first-order valence-electron chi connectivity index (χ1n) is 8.65. The van der Waals surface area contributed by atoms with Gasteiger partial charge in [0, 0.05) is 59.3 Å². The molecule has 2 heterocycles. The van der Waals surface area contributed by atoms with Crippen LogP contribution in [0.15, 0.2) is 0 Å². The van der Waals surface area contributed by atoms with Crippen molar-refractivity contribution in [3.05, 3.63) is 0 Å². The van der Waals surface area contributed by atoms with E-state index in [1.54, 1.807) is 16.7 Å². The first-order valence-corrected chi connectivity index (χ1v) is 10.0. The van der Waals surface area contributed by atoms with Crippen LogP contribution in [0.2, 0.25) is 0 Å². The highest BCUT2D eigenvalue weighted by atomic mass is 32.2. The standard InChI is InChI=1S/C15H28N4O5S/c1-4-24-15(21)18-11-9-17(10-12-18)14(20)13-5-7-19(8-6-13)25(22,23)16(2)3/h13H,4-12H2,1-3H3. The predicted octanol–water partition coefficient (Wildman–Crippen LogP) is -0.194. The highest BCUT2D eigenvalue weighted by molar-refractivity contribution is 7.86. The summed E-state index contributed by atoms with van der Waals surface area (Å²) in [5, 5.41) is 0. The van der Waals surface area contributed by atoms with Crippen molar-refractivity contribution in [2.75, 3.05) is 60.0 Å². The Morgan fingerprint density at radius 1 is 1.00 bits per heavy atom. The van der Waals surface area contributed by atoms with Crippen LogP contribution in [0.5, 0.6) is 0 Å². The molecule has 2 saturated heterocycles. The Balaban J connectivity index is 1.83. The van der Waals surface area contributed by atoms with E-state index in [1.165, 1.54) is 22.7 Å². The molecule has 9 nitrogen and oxygen atoms in total. The molecule has 25 heavy (non-hydrogen) atoms. The number of rotatable bonds is 4. The number of piperidine rings is 1. The van der Waals surface area contributed by atoms with E-state index >= 15 is 0 Å². The summed E-state index contributed by atoms with van der Waals surface area (Å²) in [6, 6.07) is 0. The molecular weight excluding hydrogens is 348 g/mol. The lowest BCUT2D eigenvalue weighted by Crippen LogP contribution is -2.53. The van der Waals surface area contributed by atoms with Crippen molar-refractivity contribution in [1.29, 1.82) is 0 Å². The summed E-state index contributed by atoms with van der Waals surface area (Å²) < 4.78 is 31.8. The molecule has 2 aliphatic heterocycles. The minimum Gasteiger partial charge on any atom is -0.450 e. The van der Waals surface area contributed by atoms with Crippen LogP contribution in [-0.4, -0.2) is 98.8 Å². The summed E-state index contributed by atoms with van der Waals surface area (Å²) in [7, 11) is -0.393. The molecule has 0 bridgehead atoms. The summed E-state index contributed by atoms with van der Waals surface area (Å²) in [5.74, 6) is -0.0897. The Morgan fingerprint density at radius 2 is 1.52 bits per heavy atom. The Labute approximate surface area is 149 Å². The van der Waals surface area contributed by atoms with E-state index in [4.69, 9.17) is 4.74 Å². The molecule has 2 amide bonds. The number of ether oxygens (including phenoxy) is 1. The van der Waals surface area contributed by atoms with Crippen LogP contribution in [0.4, 0.5) is 4.79 Å². The van der Waals surface area contributed by atoms with Crippen molar-refractivity contribution in [2.24, 2.45) is 5.92 Å². The van der Waals surface area contributed by atoms with Gasteiger partial charge in [0.25, 0.3) is 10.2 Å². The van der Waals surface area contributed by atoms with Gasteiger partial charge in [-0.25, -0.2) is 4.79 Å². The molecule has 10 heteroatoms. The highest BCUT2D eigenvalue weighted by Crippen LogP contribution is 2.23. The fourth-order valence-corrected chi connectivity index (χ4v) is 4.28. The molecule has 0 N–H and O–H groups in total. The van der Waals surface area contributed by atoms with E-state index in [1.807, 2.05) is 0 Å². The van der Waals surface area contributed by atoms with Gasteiger partial charge >= 0.3 is 6.09 Å². The van der Waals surface area contributed by atoms with Crippen molar-refractivity contribution in [3.8, 4) is 0 Å². The number of hydrogen-bond acceptors (Lipinski definition) is 5. The van der Waals surface area contributed by atoms with Crippen LogP contribution in [-0.2, 0) is 19.7 Å². The average molecular weight is 376 g/mol. The molecule has 0 aliphatic carbocycles. The van der Waals surface area contributed by atoms with E-state index in [0.29, 0.717) is 58.7 Å². The third-order valence-electron chi connectivity index (χ3n) is 4.71. The number of carbonyl (C=O) groups is 2. The largest absolute Gasteiger partial charge is 0.450 e. The molecular formula is C15H28N4O5S. The van der Waals surface area contributed by atoms with E-state index in [9.17, 15) is 18.0 Å². The zero-order valence-electron chi connectivity index (χ0n) is 15.2. The minimum atomic E-state index is -3.41. The lowest BCUT2D eigenvalue weighted by Gasteiger charge is -2.38. The topological polar surface area (TPSA) is 90.5 Å². The average Bonchev–Trinajstić information content (AvgIpc) is 2.61. The summed E-state index contributed by atoms with van der Waals surface area (Å²) in [6.45, 7) is 4.75. The maximum absolute atomic E-state index is 12.7. The van der Waals surface area contributed by atoms with Crippen LogP contribution < -0.4 is 0 Å². The number of nitrogens with zero attached hydrogens (tertiary/aromatic N) is 4. The maximum Gasteiger partial charge on any atom is 0.409 e. The summed E-state index contributed by atoms with van der Waals surface area (Å²) in [6.07, 6.45) is 0.727. The van der Waals surface area contributed by atoms with E-state index < -0.39 is 10.2 Å². The van der Waals surface area contributed by atoms with Gasteiger partial charge in [-0.3, -0.25) is 4.79 Å². The Kier molecular flexibility index (Phi) is 6.64. The zero-order valence-corrected chi connectivity index (χ0v) is 16.0. The van der Waals surface area contributed by atoms with Crippen molar-refractivity contribution < 1.29 is 22.7 Å². The van der Waals surface area contributed by atoms with E-state index in [-0.39, 0.29) is 17.9 Å². The molecule has 2 aliphatic rings. The monoisotopic (exact) mass is 376 g/mol. The highest BCUT2D eigenvalue weighted by Gasteiger charge is 2.35. The molecule has 2 fully saturated rings. The molecule has 0 saturated carbocycles. The quantitative estimate of drug-likeness (QED) is 0.678. The molecule has 0 aromatic heterocycles. The van der Waals surface area contributed by atoms with Gasteiger partial charge in [0.15, 0.2) is 0 Å². The second kappa shape index (κ2) is 8.33. The van der Waals surface area contributed by atoms with Gasteiger partial charge in [-0.1, -0.05) is 0 Å².